The maximum atomic E-state index is 11.4. The van der Waals surface area contributed by atoms with Crippen LogP contribution in [-0.2, 0) is 4.75 Å². The zero-order chi connectivity index (χ0) is 20.2. The Labute approximate surface area is 166 Å². The summed E-state index contributed by atoms with van der Waals surface area (Å²) in [5, 5.41) is 5.79. The van der Waals surface area contributed by atoms with Gasteiger partial charge >= 0.3 is 6.03 Å². The number of amides is 2. The first-order valence-corrected chi connectivity index (χ1v) is 9.84. The van der Waals surface area contributed by atoms with Crippen LogP contribution in [0.5, 0.6) is 0 Å². The monoisotopic (exact) mass is 387 g/mol. The van der Waals surface area contributed by atoms with E-state index in [0.717, 1.165) is 22.8 Å². The molecule has 27 heavy (non-hydrogen) atoms. The summed E-state index contributed by atoms with van der Waals surface area (Å²) in [6.07, 6.45) is 0. The number of urea groups is 1. The van der Waals surface area contributed by atoms with E-state index in [-0.39, 0.29) is 10.8 Å². The Morgan fingerprint density at radius 2 is 1.78 bits per heavy atom. The third kappa shape index (κ3) is 5.60. The van der Waals surface area contributed by atoms with Crippen molar-refractivity contribution >= 4 is 29.3 Å². The van der Waals surface area contributed by atoms with Crippen molar-refractivity contribution in [2.45, 2.75) is 37.7 Å². The summed E-state index contributed by atoms with van der Waals surface area (Å²) in [5.74, 6) is 1.56. The van der Waals surface area contributed by atoms with E-state index in [9.17, 15) is 4.79 Å². The van der Waals surface area contributed by atoms with E-state index < -0.39 is 0 Å². The van der Waals surface area contributed by atoms with Crippen LogP contribution in [0.3, 0.4) is 0 Å². The number of benzene rings is 1. The van der Waals surface area contributed by atoms with Gasteiger partial charge in [0.1, 0.15) is 5.82 Å². The quantitative estimate of drug-likeness (QED) is 0.772. The Kier molecular flexibility index (Phi) is 6.70. The Balaban J connectivity index is 2.42. The minimum Gasteiger partial charge on any atom is -0.363 e. The summed E-state index contributed by atoms with van der Waals surface area (Å²) in [6.45, 7) is 8.78. The lowest BCUT2D eigenvalue weighted by Crippen LogP contribution is -2.24. The van der Waals surface area contributed by atoms with Gasteiger partial charge in [-0.15, -0.1) is 11.8 Å². The van der Waals surface area contributed by atoms with Crippen molar-refractivity contribution in [1.29, 1.82) is 0 Å². The van der Waals surface area contributed by atoms with E-state index in [1.54, 1.807) is 7.05 Å². The molecular formula is C20H29N5OS. The lowest BCUT2D eigenvalue weighted by Gasteiger charge is -2.27. The fourth-order valence-electron chi connectivity index (χ4n) is 2.65. The molecule has 0 bridgehead atoms. The predicted molar refractivity (Wildman–Crippen MR) is 116 cm³/mol. The first-order chi connectivity index (χ1) is 12.6. The van der Waals surface area contributed by atoms with Gasteiger partial charge in [0.15, 0.2) is 5.82 Å². The summed E-state index contributed by atoms with van der Waals surface area (Å²) >= 11 is 1.88. The molecule has 146 valence electrons. The number of carbonyl (C=O) groups excluding carboxylic acids is 1. The molecule has 7 heteroatoms. The number of carbonyl (C=O) groups is 1. The standard InChI is InChI=1S/C20H29N5OS/c1-13(2)27-20(3,4)16-12-17(25(6)7)24-18(23-16)14-8-10-15(11-9-14)22-19(26)21-5/h8-13H,1-7H3,(H2,21,22,26). The van der Waals surface area contributed by atoms with Crippen LogP contribution in [-0.4, -0.2) is 42.4 Å². The van der Waals surface area contributed by atoms with Crippen LogP contribution in [0.2, 0.25) is 0 Å². The normalized spacial score (nSPS) is 11.4. The van der Waals surface area contributed by atoms with Gasteiger partial charge in [-0.2, -0.15) is 0 Å². The van der Waals surface area contributed by atoms with E-state index in [4.69, 9.17) is 9.97 Å². The van der Waals surface area contributed by atoms with E-state index >= 15 is 0 Å². The molecule has 1 aromatic heterocycles. The molecule has 0 aliphatic carbocycles. The number of anilines is 2. The lowest BCUT2D eigenvalue weighted by atomic mass is 10.1. The molecule has 0 atom stereocenters. The molecule has 2 N–H and O–H groups in total. The van der Waals surface area contributed by atoms with E-state index in [1.165, 1.54) is 0 Å². The first kappa shape index (κ1) is 21.0. The highest BCUT2D eigenvalue weighted by atomic mass is 32.2. The van der Waals surface area contributed by atoms with Crippen LogP contribution in [0.15, 0.2) is 30.3 Å². The highest BCUT2D eigenvalue weighted by molar-refractivity contribution is 8.00. The number of nitrogens with one attached hydrogen (secondary N) is 2. The van der Waals surface area contributed by atoms with Crippen molar-refractivity contribution in [2.75, 3.05) is 31.4 Å². The molecule has 0 aliphatic rings. The van der Waals surface area contributed by atoms with Crippen LogP contribution in [0, 0.1) is 0 Å². The van der Waals surface area contributed by atoms with Crippen molar-refractivity contribution < 1.29 is 4.79 Å². The Bertz CT molecular complexity index is 787. The van der Waals surface area contributed by atoms with Gasteiger partial charge in [0.05, 0.1) is 10.4 Å². The van der Waals surface area contributed by atoms with Gasteiger partial charge < -0.3 is 15.5 Å². The molecular weight excluding hydrogens is 358 g/mol. The zero-order valence-electron chi connectivity index (χ0n) is 17.1. The second-order valence-corrected chi connectivity index (χ2v) is 9.49. The van der Waals surface area contributed by atoms with E-state index in [0.29, 0.717) is 11.1 Å². The average Bonchev–Trinajstić information content (AvgIpc) is 2.60. The molecule has 0 spiro atoms. The third-order valence-corrected chi connectivity index (χ3v) is 5.22. The van der Waals surface area contributed by atoms with Crippen molar-refractivity contribution in [1.82, 2.24) is 15.3 Å². The van der Waals surface area contributed by atoms with Gasteiger partial charge in [0.25, 0.3) is 0 Å². The van der Waals surface area contributed by atoms with E-state index in [2.05, 4.69) is 44.4 Å². The molecule has 6 nitrogen and oxygen atoms in total. The number of rotatable bonds is 6. The van der Waals surface area contributed by atoms with Crippen LogP contribution in [0.1, 0.15) is 33.4 Å². The van der Waals surface area contributed by atoms with Crippen LogP contribution >= 0.6 is 11.8 Å². The SMILES string of the molecule is CNC(=O)Nc1ccc(-c2nc(N(C)C)cc(C(C)(C)SC(C)C)n2)cc1. The maximum Gasteiger partial charge on any atom is 0.318 e. The Morgan fingerprint density at radius 1 is 1.15 bits per heavy atom. The first-order valence-electron chi connectivity index (χ1n) is 8.96. The fourth-order valence-corrected chi connectivity index (χ4v) is 4.05. The molecule has 0 fully saturated rings. The minimum absolute atomic E-state index is 0.128. The Morgan fingerprint density at radius 3 is 2.30 bits per heavy atom. The number of nitrogens with zero attached hydrogens (tertiary/aromatic N) is 3. The van der Waals surface area contributed by atoms with Gasteiger partial charge in [0, 0.05) is 38.5 Å². The minimum atomic E-state index is -0.247. The van der Waals surface area contributed by atoms with Crippen LogP contribution in [0.25, 0.3) is 11.4 Å². The van der Waals surface area contributed by atoms with Gasteiger partial charge in [-0.1, -0.05) is 13.8 Å². The fraction of sp³-hybridized carbons (Fsp3) is 0.450. The molecule has 0 saturated carbocycles. The van der Waals surface area contributed by atoms with E-state index in [1.807, 2.05) is 55.0 Å². The highest BCUT2D eigenvalue weighted by Gasteiger charge is 2.26. The second-order valence-electron chi connectivity index (χ2n) is 7.29. The Hall–Kier alpha value is -2.28. The molecule has 1 aromatic carbocycles. The van der Waals surface area contributed by atoms with Gasteiger partial charge in [-0.3, -0.25) is 0 Å². The molecule has 2 rings (SSSR count). The number of hydrogen-bond acceptors (Lipinski definition) is 5. The van der Waals surface area contributed by atoms with Crippen molar-refractivity contribution in [2.24, 2.45) is 0 Å². The molecule has 1 heterocycles. The molecule has 2 amide bonds. The van der Waals surface area contributed by atoms with Gasteiger partial charge in [0.2, 0.25) is 0 Å². The van der Waals surface area contributed by atoms with Crippen molar-refractivity contribution in [3.8, 4) is 11.4 Å². The average molecular weight is 388 g/mol. The molecule has 2 aromatic rings. The van der Waals surface area contributed by atoms with Crippen molar-refractivity contribution in [3.05, 3.63) is 36.0 Å². The van der Waals surface area contributed by atoms with Gasteiger partial charge in [-0.25, -0.2) is 14.8 Å². The summed E-state index contributed by atoms with van der Waals surface area (Å²) in [4.78, 5) is 23.0. The number of aromatic nitrogens is 2. The predicted octanol–water partition coefficient (Wildman–Crippen LogP) is 4.34. The highest BCUT2D eigenvalue weighted by Crippen LogP contribution is 2.38. The molecule has 0 saturated heterocycles. The smallest absolute Gasteiger partial charge is 0.318 e. The molecule has 0 aliphatic heterocycles. The lowest BCUT2D eigenvalue weighted by molar-refractivity contribution is 0.254. The van der Waals surface area contributed by atoms with Crippen LogP contribution in [0.4, 0.5) is 16.3 Å². The molecule has 0 radical (unpaired) electrons. The third-order valence-electron chi connectivity index (χ3n) is 3.95. The summed E-state index contributed by atoms with van der Waals surface area (Å²) in [7, 11) is 5.55. The summed E-state index contributed by atoms with van der Waals surface area (Å²) in [6, 6.07) is 9.36. The van der Waals surface area contributed by atoms with Crippen LogP contribution < -0.4 is 15.5 Å². The van der Waals surface area contributed by atoms with Crippen molar-refractivity contribution in [3.63, 3.8) is 0 Å². The maximum absolute atomic E-state index is 11.4. The van der Waals surface area contributed by atoms with Gasteiger partial charge in [-0.05, 0) is 43.4 Å². The number of hydrogen-bond donors (Lipinski definition) is 2. The number of thioether (sulfide) groups is 1. The topological polar surface area (TPSA) is 70.2 Å². The second kappa shape index (κ2) is 8.61. The summed E-state index contributed by atoms with van der Waals surface area (Å²) < 4.78 is -0.128. The molecule has 0 unspecified atom stereocenters. The largest absolute Gasteiger partial charge is 0.363 e. The summed E-state index contributed by atoms with van der Waals surface area (Å²) in [5.41, 5.74) is 2.63. The zero-order valence-corrected chi connectivity index (χ0v) is 17.9.